The van der Waals surface area contributed by atoms with Crippen LogP contribution in [0.3, 0.4) is 0 Å². The number of methoxy groups -OCH3 is 1. The monoisotopic (exact) mass is 235 g/mol. The fraction of sp³-hybridized carbons (Fsp3) is 0.500. The molecule has 17 heavy (non-hydrogen) atoms. The van der Waals surface area contributed by atoms with Crippen molar-refractivity contribution < 1.29 is 9.53 Å². The van der Waals surface area contributed by atoms with E-state index in [-0.39, 0.29) is 11.5 Å². The summed E-state index contributed by atoms with van der Waals surface area (Å²) < 4.78 is 4.71. The molecule has 0 aromatic heterocycles. The van der Waals surface area contributed by atoms with Crippen LogP contribution in [0.2, 0.25) is 0 Å². The van der Waals surface area contributed by atoms with Crippen LogP contribution in [0.4, 0.5) is 10.5 Å². The average Bonchev–Trinajstić information content (AvgIpc) is 2.25. The molecule has 1 aromatic rings. The molecule has 1 amide bonds. The molecule has 94 valence electrons. The van der Waals surface area contributed by atoms with Gasteiger partial charge in [0, 0.05) is 12.7 Å². The smallest absolute Gasteiger partial charge is 0.413 e. The van der Waals surface area contributed by atoms with E-state index in [0.717, 1.165) is 11.3 Å². The maximum atomic E-state index is 11.4. The average molecular weight is 235 g/mol. The van der Waals surface area contributed by atoms with Crippen molar-refractivity contribution in [3.05, 3.63) is 29.3 Å². The van der Waals surface area contributed by atoms with Gasteiger partial charge in [0.25, 0.3) is 0 Å². The van der Waals surface area contributed by atoms with Gasteiger partial charge in [-0.3, -0.25) is 4.90 Å². The van der Waals surface area contributed by atoms with Crippen molar-refractivity contribution in [2.45, 2.75) is 33.1 Å². The Kier molecular flexibility index (Phi) is 3.81. The molecule has 0 fully saturated rings. The SMILES string of the molecule is COC(=O)N(C)c1ccc(C(C)(C)C)cc1C. The third-order valence-corrected chi connectivity index (χ3v) is 2.87. The number of amides is 1. The molecule has 1 aromatic carbocycles. The molecule has 0 saturated carbocycles. The van der Waals surface area contributed by atoms with Gasteiger partial charge in [-0.05, 0) is 29.5 Å². The van der Waals surface area contributed by atoms with Gasteiger partial charge < -0.3 is 4.74 Å². The van der Waals surface area contributed by atoms with Gasteiger partial charge in [0.05, 0.1) is 7.11 Å². The Morgan fingerprint density at radius 3 is 2.29 bits per heavy atom. The van der Waals surface area contributed by atoms with Gasteiger partial charge in [-0.2, -0.15) is 0 Å². The molecule has 0 radical (unpaired) electrons. The van der Waals surface area contributed by atoms with E-state index in [1.54, 1.807) is 7.05 Å². The maximum absolute atomic E-state index is 11.4. The minimum atomic E-state index is -0.350. The lowest BCUT2D eigenvalue weighted by atomic mass is 9.86. The van der Waals surface area contributed by atoms with Gasteiger partial charge >= 0.3 is 6.09 Å². The van der Waals surface area contributed by atoms with Crippen LogP contribution in [0.15, 0.2) is 18.2 Å². The highest BCUT2D eigenvalue weighted by Gasteiger charge is 2.17. The summed E-state index contributed by atoms with van der Waals surface area (Å²) >= 11 is 0. The Morgan fingerprint density at radius 2 is 1.88 bits per heavy atom. The fourth-order valence-electron chi connectivity index (χ4n) is 1.73. The molecule has 0 aliphatic rings. The summed E-state index contributed by atoms with van der Waals surface area (Å²) in [7, 11) is 3.10. The molecule has 0 spiro atoms. The Bertz CT molecular complexity index is 419. The first-order valence-corrected chi connectivity index (χ1v) is 5.70. The van der Waals surface area contributed by atoms with Crippen molar-refractivity contribution in [1.82, 2.24) is 0 Å². The highest BCUT2D eigenvalue weighted by Crippen LogP contribution is 2.27. The minimum Gasteiger partial charge on any atom is -0.452 e. The van der Waals surface area contributed by atoms with Gasteiger partial charge in [-0.25, -0.2) is 4.79 Å². The van der Waals surface area contributed by atoms with E-state index in [1.165, 1.54) is 17.6 Å². The number of benzene rings is 1. The van der Waals surface area contributed by atoms with Crippen LogP contribution >= 0.6 is 0 Å². The van der Waals surface area contributed by atoms with Crippen molar-refractivity contribution in [3.8, 4) is 0 Å². The van der Waals surface area contributed by atoms with Crippen molar-refractivity contribution in [3.63, 3.8) is 0 Å². The van der Waals surface area contributed by atoms with E-state index in [9.17, 15) is 4.79 Å². The zero-order valence-corrected chi connectivity index (χ0v) is 11.5. The van der Waals surface area contributed by atoms with Gasteiger partial charge in [0.1, 0.15) is 0 Å². The molecule has 3 heteroatoms. The number of aryl methyl sites for hydroxylation is 1. The molecule has 3 nitrogen and oxygen atoms in total. The van der Waals surface area contributed by atoms with Gasteiger partial charge in [0.2, 0.25) is 0 Å². The number of rotatable bonds is 1. The lowest BCUT2D eigenvalue weighted by molar-refractivity contribution is 0.180. The second-order valence-corrected chi connectivity index (χ2v) is 5.28. The highest BCUT2D eigenvalue weighted by atomic mass is 16.5. The Labute approximate surface area is 103 Å². The Morgan fingerprint density at radius 1 is 1.29 bits per heavy atom. The van der Waals surface area contributed by atoms with Gasteiger partial charge in [-0.15, -0.1) is 0 Å². The number of anilines is 1. The number of nitrogens with zero attached hydrogens (tertiary/aromatic N) is 1. The number of hydrogen-bond acceptors (Lipinski definition) is 2. The molecule has 0 atom stereocenters. The summed E-state index contributed by atoms with van der Waals surface area (Å²) in [5, 5.41) is 0. The van der Waals surface area contributed by atoms with Crippen LogP contribution in [-0.4, -0.2) is 20.3 Å². The van der Waals surface area contributed by atoms with Crippen LogP contribution in [0, 0.1) is 6.92 Å². The summed E-state index contributed by atoms with van der Waals surface area (Å²) in [5.41, 5.74) is 3.33. The van der Waals surface area contributed by atoms with E-state index in [4.69, 9.17) is 4.74 Å². The highest BCUT2D eigenvalue weighted by molar-refractivity contribution is 5.87. The lowest BCUT2D eigenvalue weighted by Gasteiger charge is -2.23. The number of ether oxygens (including phenoxy) is 1. The molecule has 0 heterocycles. The first kappa shape index (κ1) is 13.6. The Balaban J connectivity index is 3.10. The molecule has 1 rings (SSSR count). The lowest BCUT2D eigenvalue weighted by Crippen LogP contribution is -2.26. The van der Waals surface area contributed by atoms with Crippen molar-refractivity contribution in [1.29, 1.82) is 0 Å². The van der Waals surface area contributed by atoms with Crippen LogP contribution < -0.4 is 4.90 Å². The molecule has 0 aliphatic heterocycles. The van der Waals surface area contributed by atoms with Crippen LogP contribution in [0.25, 0.3) is 0 Å². The van der Waals surface area contributed by atoms with E-state index >= 15 is 0 Å². The predicted octanol–water partition coefficient (Wildman–Crippen LogP) is 3.50. The second kappa shape index (κ2) is 4.78. The summed E-state index contributed by atoms with van der Waals surface area (Å²) in [6, 6.07) is 6.14. The van der Waals surface area contributed by atoms with E-state index in [1.807, 2.05) is 13.0 Å². The number of carbonyl (C=O) groups excluding carboxylic acids is 1. The molecular weight excluding hydrogens is 214 g/mol. The molecule has 0 bridgehead atoms. The van der Waals surface area contributed by atoms with Gasteiger partial charge in [-0.1, -0.05) is 32.9 Å². The second-order valence-electron chi connectivity index (χ2n) is 5.28. The molecule has 0 saturated heterocycles. The molecule has 0 unspecified atom stereocenters. The summed E-state index contributed by atoms with van der Waals surface area (Å²) in [6.45, 7) is 8.52. The third kappa shape index (κ3) is 2.99. The quantitative estimate of drug-likeness (QED) is 0.745. The van der Waals surface area contributed by atoms with Crippen LogP contribution in [-0.2, 0) is 10.2 Å². The van der Waals surface area contributed by atoms with E-state index < -0.39 is 0 Å². The standard InChI is InChI=1S/C14H21NO2/c1-10-9-11(14(2,3)4)7-8-12(10)15(5)13(16)17-6/h7-9H,1-6H3. The third-order valence-electron chi connectivity index (χ3n) is 2.87. The topological polar surface area (TPSA) is 29.5 Å². The maximum Gasteiger partial charge on any atom is 0.413 e. The summed E-state index contributed by atoms with van der Waals surface area (Å²) in [6.07, 6.45) is -0.350. The molecular formula is C14H21NO2. The molecule has 0 aliphatic carbocycles. The zero-order valence-electron chi connectivity index (χ0n) is 11.5. The van der Waals surface area contributed by atoms with Gasteiger partial charge in [0.15, 0.2) is 0 Å². The largest absolute Gasteiger partial charge is 0.452 e. The van der Waals surface area contributed by atoms with E-state index in [0.29, 0.717) is 0 Å². The fourth-order valence-corrected chi connectivity index (χ4v) is 1.73. The van der Waals surface area contributed by atoms with Crippen molar-refractivity contribution in [2.75, 3.05) is 19.1 Å². The zero-order chi connectivity index (χ0) is 13.2. The van der Waals surface area contributed by atoms with Crippen molar-refractivity contribution >= 4 is 11.8 Å². The molecule has 0 N–H and O–H groups in total. The van der Waals surface area contributed by atoms with Crippen molar-refractivity contribution in [2.24, 2.45) is 0 Å². The van der Waals surface area contributed by atoms with E-state index in [2.05, 4.69) is 32.9 Å². The van der Waals surface area contributed by atoms with Crippen LogP contribution in [0.5, 0.6) is 0 Å². The minimum absolute atomic E-state index is 0.118. The number of hydrogen-bond donors (Lipinski definition) is 0. The van der Waals surface area contributed by atoms with Crippen LogP contribution in [0.1, 0.15) is 31.9 Å². The normalized spacial score (nSPS) is 11.2. The predicted molar refractivity (Wildman–Crippen MR) is 70.7 cm³/mol. The summed E-state index contributed by atoms with van der Waals surface area (Å²) in [4.78, 5) is 13.0. The summed E-state index contributed by atoms with van der Waals surface area (Å²) in [5.74, 6) is 0. The first-order valence-electron chi connectivity index (χ1n) is 5.70. The first-order chi connectivity index (χ1) is 7.77. The number of carbonyl (C=O) groups is 1. The Hall–Kier alpha value is -1.51.